The van der Waals surface area contributed by atoms with Gasteiger partial charge in [0.1, 0.15) is 11.3 Å². The van der Waals surface area contributed by atoms with Gasteiger partial charge >= 0.3 is 12.0 Å². The molecule has 0 aromatic heterocycles. The van der Waals surface area contributed by atoms with E-state index in [2.05, 4.69) is 53.1 Å². The number of carbonyl (C=O) groups excluding carboxylic acids is 3. The summed E-state index contributed by atoms with van der Waals surface area (Å²) in [6, 6.07) is 7.21. The number of carboxylic acids is 1. The number of aliphatic carboxylic acids is 1. The highest BCUT2D eigenvalue weighted by Crippen LogP contribution is 2.36. The van der Waals surface area contributed by atoms with Gasteiger partial charge in [0.25, 0.3) is 11.8 Å². The molecule has 160 valence electrons. The van der Waals surface area contributed by atoms with E-state index in [0.29, 0.717) is 20.2 Å². The number of benzene rings is 2. The highest BCUT2D eigenvalue weighted by Gasteiger charge is 2.37. The van der Waals surface area contributed by atoms with Crippen LogP contribution in [0.3, 0.4) is 0 Å². The van der Waals surface area contributed by atoms with Crippen LogP contribution in [0.25, 0.3) is 6.08 Å². The highest BCUT2D eigenvalue weighted by atomic mass is 79.9. The Hall–Kier alpha value is -2.50. The maximum Gasteiger partial charge on any atom is 0.341 e. The lowest BCUT2D eigenvalue weighted by Gasteiger charge is -2.26. The Labute approximate surface area is 201 Å². The molecule has 0 radical (unpaired) electrons. The van der Waals surface area contributed by atoms with Crippen molar-refractivity contribution in [1.29, 1.82) is 0 Å². The molecule has 2 N–H and O–H groups in total. The van der Waals surface area contributed by atoms with Crippen molar-refractivity contribution in [2.24, 2.45) is 0 Å². The lowest BCUT2D eigenvalue weighted by molar-refractivity contribution is -0.139. The third kappa shape index (κ3) is 5.05. The van der Waals surface area contributed by atoms with Gasteiger partial charge in [-0.2, -0.15) is 0 Å². The smallest absolute Gasteiger partial charge is 0.341 e. The molecule has 8 nitrogen and oxygen atoms in total. The van der Waals surface area contributed by atoms with Crippen molar-refractivity contribution in [3.8, 4) is 5.75 Å². The zero-order valence-electron chi connectivity index (χ0n) is 15.7. The van der Waals surface area contributed by atoms with Gasteiger partial charge in [0.2, 0.25) is 0 Å². The summed E-state index contributed by atoms with van der Waals surface area (Å²) in [6.45, 7) is 1.27. The van der Waals surface area contributed by atoms with E-state index >= 15 is 0 Å². The van der Waals surface area contributed by atoms with Gasteiger partial charge in [-0.25, -0.2) is 14.5 Å². The number of imide groups is 2. The third-order valence-electron chi connectivity index (χ3n) is 4.17. The summed E-state index contributed by atoms with van der Waals surface area (Å²) in [5, 5.41) is 10.9. The minimum absolute atomic E-state index is 0.238. The highest BCUT2D eigenvalue weighted by molar-refractivity contribution is 9.11. The number of anilines is 1. The van der Waals surface area contributed by atoms with Crippen molar-refractivity contribution in [2.75, 3.05) is 11.5 Å². The predicted octanol–water partition coefficient (Wildman–Crippen LogP) is 4.41. The Kier molecular flexibility index (Phi) is 6.97. The van der Waals surface area contributed by atoms with Gasteiger partial charge in [-0.05, 0) is 86.3 Å². The number of amides is 4. The average Bonchev–Trinajstić information content (AvgIpc) is 2.67. The Morgan fingerprint density at radius 1 is 1.10 bits per heavy atom. The molecule has 11 heteroatoms. The number of hydrogen-bond acceptors (Lipinski definition) is 5. The molecule has 1 fully saturated rings. The van der Waals surface area contributed by atoms with Gasteiger partial charge < -0.3 is 9.84 Å². The van der Waals surface area contributed by atoms with Crippen LogP contribution in [0.2, 0.25) is 0 Å². The number of ether oxygens (including phenoxy) is 1. The maximum atomic E-state index is 13.0. The predicted molar refractivity (Wildman–Crippen MR) is 123 cm³/mol. The second-order valence-corrected chi connectivity index (χ2v) is 8.95. The fraction of sp³-hybridized carbons (Fsp3) is 0.100. The fourth-order valence-electron chi connectivity index (χ4n) is 2.76. The largest absolute Gasteiger partial charge is 0.480 e. The molecule has 4 amide bonds. The number of barbiturate groups is 1. The molecule has 0 bridgehead atoms. The molecule has 3 rings (SSSR count). The van der Waals surface area contributed by atoms with Crippen LogP contribution in [-0.2, 0) is 14.4 Å². The molecular formula is C20H13Br3N2O6. The second-order valence-electron chi connectivity index (χ2n) is 6.39. The lowest BCUT2D eigenvalue weighted by Crippen LogP contribution is -2.54. The van der Waals surface area contributed by atoms with Crippen LogP contribution in [0, 0.1) is 6.92 Å². The van der Waals surface area contributed by atoms with Crippen molar-refractivity contribution in [1.82, 2.24) is 5.32 Å². The number of carboxylic acid groups (broad SMARTS) is 1. The number of rotatable bonds is 5. The number of hydrogen-bond donors (Lipinski definition) is 2. The van der Waals surface area contributed by atoms with Gasteiger partial charge in [-0.1, -0.05) is 15.9 Å². The Balaban J connectivity index is 1.98. The van der Waals surface area contributed by atoms with E-state index in [9.17, 15) is 19.2 Å². The lowest BCUT2D eigenvalue weighted by atomic mass is 10.1. The van der Waals surface area contributed by atoms with Crippen molar-refractivity contribution >= 4 is 83.4 Å². The summed E-state index contributed by atoms with van der Waals surface area (Å²) in [4.78, 5) is 49.3. The minimum atomic E-state index is -1.14. The molecule has 31 heavy (non-hydrogen) atoms. The van der Waals surface area contributed by atoms with E-state index in [4.69, 9.17) is 9.84 Å². The molecule has 0 saturated carbocycles. The summed E-state index contributed by atoms with van der Waals surface area (Å²) < 4.78 is 6.85. The quantitative estimate of drug-likeness (QED) is 0.380. The van der Waals surface area contributed by atoms with Gasteiger partial charge in [-0.3, -0.25) is 14.9 Å². The summed E-state index contributed by atoms with van der Waals surface area (Å²) in [7, 11) is 0. The van der Waals surface area contributed by atoms with Gasteiger partial charge in [0.05, 0.1) is 14.6 Å². The second kappa shape index (κ2) is 9.33. The van der Waals surface area contributed by atoms with Crippen LogP contribution in [0.15, 0.2) is 49.3 Å². The Morgan fingerprint density at radius 3 is 2.32 bits per heavy atom. The van der Waals surface area contributed by atoms with E-state index in [0.717, 1.165) is 14.9 Å². The van der Waals surface area contributed by atoms with E-state index in [-0.39, 0.29) is 11.3 Å². The van der Waals surface area contributed by atoms with Crippen LogP contribution in [-0.4, -0.2) is 35.5 Å². The van der Waals surface area contributed by atoms with E-state index in [1.54, 1.807) is 30.3 Å². The number of carbonyl (C=O) groups is 4. The topological polar surface area (TPSA) is 113 Å². The normalized spacial score (nSPS) is 15.3. The van der Waals surface area contributed by atoms with Crippen molar-refractivity contribution in [2.45, 2.75) is 6.92 Å². The molecule has 0 spiro atoms. The first-order valence-electron chi connectivity index (χ1n) is 8.59. The van der Waals surface area contributed by atoms with Crippen LogP contribution < -0.4 is 15.0 Å². The number of nitrogens with one attached hydrogen (secondary N) is 1. The maximum absolute atomic E-state index is 13.0. The zero-order chi connectivity index (χ0) is 22.9. The summed E-state index contributed by atoms with van der Waals surface area (Å²) in [6.07, 6.45) is 1.33. The summed E-state index contributed by atoms with van der Waals surface area (Å²) in [5.41, 5.74) is 1.34. The average molecular weight is 617 g/mol. The fourth-order valence-corrected chi connectivity index (χ4v) is 4.46. The molecule has 0 atom stereocenters. The molecule has 2 aromatic carbocycles. The van der Waals surface area contributed by atoms with E-state index in [1.807, 2.05) is 6.92 Å². The monoisotopic (exact) mass is 614 g/mol. The molecule has 0 aliphatic carbocycles. The summed E-state index contributed by atoms with van der Waals surface area (Å²) in [5.74, 6) is -2.47. The van der Waals surface area contributed by atoms with Crippen LogP contribution in [0.1, 0.15) is 11.1 Å². The minimum Gasteiger partial charge on any atom is -0.480 e. The zero-order valence-corrected chi connectivity index (χ0v) is 20.5. The number of aryl methyl sites for hydroxylation is 1. The summed E-state index contributed by atoms with van der Waals surface area (Å²) >= 11 is 9.94. The molecule has 0 unspecified atom stereocenters. The first-order chi connectivity index (χ1) is 14.6. The molecule has 1 aliphatic heterocycles. The van der Waals surface area contributed by atoms with Crippen LogP contribution in [0.5, 0.6) is 5.75 Å². The molecular weight excluding hydrogens is 604 g/mol. The molecule has 1 heterocycles. The first-order valence-corrected chi connectivity index (χ1v) is 11.0. The SMILES string of the molecule is Cc1cc(N2C(=O)NC(=O)/C(=C\c3cc(Br)c(OCC(=O)O)c(Br)c3)C2=O)ccc1Br. The van der Waals surface area contributed by atoms with Gasteiger partial charge in [0, 0.05) is 4.47 Å². The van der Waals surface area contributed by atoms with Crippen LogP contribution in [0.4, 0.5) is 10.5 Å². The van der Waals surface area contributed by atoms with E-state index < -0.39 is 30.4 Å². The molecule has 2 aromatic rings. The van der Waals surface area contributed by atoms with E-state index in [1.165, 1.54) is 6.08 Å². The first kappa shape index (κ1) is 23.2. The Bertz CT molecular complexity index is 1140. The van der Waals surface area contributed by atoms with Crippen LogP contribution >= 0.6 is 47.8 Å². The van der Waals surface area contributed by atoms with Gasteiger partial charge in [-0.15, -0.1) is 0 Å². The molecule has 1 saturated heterocycles. The third-order valence-corrected chi connectivity index (χ3v) is 6.24. The Morgan fingerprint density at radius 2 is 1.74 bits per heavy atom. The number of halogens is 3. The van der Waals surface area contributed by atoms with Crippen molar-refractivity contribution in [3.05, 3.63) is 60.5 Å². The molecule has 1 aliphatic rings. The number of urea groups is 1. The van der Waals surface area contributed by atoms with Crippen molar-refractivity contribution in [3.63, 3.8) is 0 Å². The standard InChI is InChI=1S/C20H13Br3N2O6/c1-9-4-11(2-3-13(9)21)25-19(29)12(18(28)24-20(25)30)5-10-6-14(22)17(15(23)7-10)31-8-16(26)27/h2-7H,8H2,1H3,(H,26,27)(H,24,28,30)/b12-5+. The number of nitrogens with zero attached hydrogens (tertiary/aromatic N) is 1. The van der Waals surface area contributed by atoms with Crippen molar-refractivity contribution < 1.29 is 29.0 Å². The van der Waals surface area contributed by atoms with Gasteiger partial charge in [0.15, 0.2) is 6.61 Å².